The molecule has 1 aromatic rings. The largest absolute Gasteiger partial charge is 0.396 e. The van der Waals surface area contributed by atoms with Crippen molar-refractivity contribution < 1.29 is 9.90 Å². The fourth-order valence-electron chi connectivity index (χ4n) is 3.78. The third-order valence-electron chi connectivity index (χ3n) is 5.08. The van der Waals surface area contributed by atoms with E-state index in [-0.39, 0.29) is 12.5 Å². The van der Waals surface area contributed by atoms with E-state index in [2.05, 4.69) is 17.0 Å². The third-order valence-corrected chi connectivity index (χ3v) is 5.08. The van der Waals surface area contributed by atoms with Gasteiger partial charge in [-0.2, -0.15) is 0 Å². The lowest BCUT2D eigenvalue weighted by Crippen LogP contribution is -2.36. The van der Waals surface area contributed by atoms with Gasteiger partial charge in [0.25, 0.3) is 5.91 Å². The van der Waals surface area contributed by atoms with Crippen LogP contribution < -0.4 is 0 Å². The summed E-state index contributed by atoms with van der Waals surface area (Å²) in [5.41, 5.74) is 2.02. The summed E-state index contributed by atoms with van der Waals surface area (Å²) in [6.07, 6.45) is 5.77. The van der Waals surface area contributed by atoms with Crippen LogP contribution in [-0.2, 0) is 6.54 Å². The normalized spacial score (nSPS) is 23.0. The summed E-state index contributed by atoms with van der Waals surface area (Å²) in [6.45, 7) is 4.99. The van der Waals surface area contributed by atoms with E-state index in [4.69, 9.17) is 0 Å². The molecular weight excluding hydrogens is 288 g/mol. The topological polar surface area (TPSA) is 43.8 Å². The van der Waals surface area contributed by atoms with Gasteiger partial charge in [-0.15, -0.1) is 0 Å². The number of carbonyl (C=O) groups excluding carboxylic acids is 1. The Morgan fingerprint density at radius 2 is 1.96 bits per heavy atom. The van der Waals surface area contributed by atoms with Crippen LogP contribution in [0.25, 0.3) is 0 Å². The molecule has 1 unspecified atom stereocenters. The maximum Gasteiger partial charge on any atom is 0.253 e. The van der Waals surface area contributed by atoms with Gasteiger partial charge >= 0.3 is 0 Å². The molecule has 1 aromatic carbocycles. The lowest BCUT2D eigenvalue weighted by atomic mass is 9.98. The predicted octanol–water partition coefficient (Wildman–Crippen LogP) is 2.52. The van der Waals surface area contributed by atoms with E-state index in [1.54, 1.807) is 0 Å². The first-order valence-corrected chi connectivity index (χ1v) is 8.97. The highest BCUT2D eigenvalue weighted by Crippen LogP contribution is 2.19. The van der Waals surface area contributed by atoms with Gasteiger partial charge in [0.15, 0.2) is 0 Å². The molecule has 2 aliphatic heterocycles. The Kier molecular flexibility index (Phi) is 5.68. The molecular formula is C19H28N2O2. The van der Waals surface area contributed by atoms with Gasteiger partial charge in [-0.3, -0.25) is 9.69 Å². The standard InChI is InChI=1S/C19H28N2O2/c22-15-17-7-5-9-20(14-17)13-16-6-4-8-18(12-16)19(23)21-10-2-1-3-11-21/h4,6,8,12,17,22H,1-3,5,7,9-11,13-15H2. The van der Waals surface area contributed by atoms with Crippen LogP contribution in [0.15, 0.2) is 24.3 Å². The number of hydrogen-bond acceptors (Lipinski definition) is 3. The Labute approximate surface area is 139 Å². The number of aliphatic hydroxyl groups is 1. The number of benzene rings is 1. The minimum absolute atomic E-state index is 0.179. The van der Waals surface area contributed by atoms with Crippen molar-refractivity contribution in [2.75, 3.05) is 32.8 Å². The SMILES string of the molecule is O=C(c1cccc(CN2CCCC(CO)C2)c1)N1CCCCC1. The number of rotatable bonds is 4. The number of hydrogen-bond donors (Lipinski definition) is 1. The second kappa shape index (κ2) is 7.93. The highest BCUT2D eigenvalue weighted by atomic mass is 16.3. The first-order chi connectivity index (χ1) is 11.3. The molecule has 4 nitrogen and oxygen atoms in total. The average Bonchev–Trinajstić information content (AvgIpc) is 2.62. The van der Waals surface area contributed by atoms with E-state index < -0.39 is 0 Å². The quantitative estimate of drug-likeness (QED) is 0.928. The lowest BCUT2D eigenvalue weighted by molar-refractivity contribution is 0.0724. The van der Waals surface area contributed by atoms with Crippen molar-refractivity contribution in [1.29, 1.82) is 0 Å². The zero-order chi connectivity index (χ0) is 16.1. The van der Waals surface area contributed by atoms with E-state index >= 15 is 0 Å². The molecule has 0 aromatic heterocycles. The minimum Gasteiger partial charge on any atom is -0.396 e. The summed E-state index contributed by atoms with van der Waals surface area (Å²) < 4.78 is 0. The van der Waals surface area contributed by atoms with Crippen molar-refractivity contribution in [3.63, 3.8) is 0 Å². The zero-order valence-corrected chi connectivity index (χ0v) is 13.9. The maximum atomic E-state index is 12.6. The van der Waals surface area contributed by atoms with Crippen LogP contribution in [0.2, 0.25) is 0 Å². The fourth-order valence-corrected chi connectivity index (χ4v) is 3.78. The average molecular weight is 316 g/mol. The van der Waals surface area contributed by atoms with E-state index in [0.717, 1.165) is 64.0 Å². The third kappa shape index (κ3) is 4.33. The number of amides is 1. The number of likely N-dealkylation sites (tertiary alicyclic amines) is 2. The molecule has 1 atom stereocenters. The number of nitrogens with zero attached hydrogens (tertiary/aromatic N) is 2. The van der Waals surface area contributed by atoms with Gasteiger partial charge in [0.1, 0.15) is 0 Å². The van der Waals surface area contributed by atoms with Crippen LogP contribution in [0.4, 0.5) is 0 Å². The Hall–Kier alpha value is -1.39. The van der Waals surface area contributed by atoms with E-state index in [0.29, 0.717) is 5.92 Å². The summed E-state index contributed by atoms with van der Waals surface area (Å²) >= 11 is 0. The molecule has 126 valence electrons. The second-order valence-electron chi connectivity index (χ2n) is 6.98. The molecule has 2 heterocycles. The van der Waals surface area contributed by atoms with Crippen LogP contribution in [-0.4, -0.2) is 53.6 Å². The van der Waals surface area contributed by atoms with Crippen molar-refractivity contribution in [2.24, 2.45) is 5.92 Å². The molecule has 2 saturated heterocycles. The number of piperidine rings is 2. The summed E-state index contributed by atoms with van der Waals surface area (Å²) in [6, 6.07) is 8.10. The number of aliphatic hydroxyl groups excluding tert-OH is 1. The smallest absolute Gasteiger partial charge is 0.253 e. The first kappa shape index (κ1) is 16.5. The van der Waals surface area contributed by atoms with Crippen LogP contribution in [0.5, 0.6) is 0 Å². The Morgan fingerprint density at radius 3 is 2.74 bits per heavy atom. The van der Waals surface area contributed by atoms with Crippen molar-refractivity contribution in [2.45, 2.75) is 38.6 Å². The molecule has 0 aliphatic carbocycles. The molecule has 23 heavy (non-hydrogen) atoms. The van der Waals surface area contributed by atoms with Gasteiger partial charge < -0.3 is 10.0 Å². The molecule has 0 saturated carbocycles. The van der Waals surface area contributed by atoms with E-state index in [9.17, 15) is 9.90 Å². The summed E-state index contributed by atoms with van der Waals surface area (Å²) in [7, 11) is 0. The molecule has 0 radical (unpaired) electrons. The molecule has 4 heteroatoms. The summed E-state index contributed by atoms with van der Waals surface area (Å²) in [4.78, 5) is 17.0. The monoisotopic (exact) mass is 316 g/mol. The first-order valence-electron chi connectivity index (χ1n) is 8.97. The number of carbonyl (C=O) groups is 1. The summed E-state index contributed by atoms with van der Waals surface area (Å²) in [5.74, 6) is 0.584. The van der Waals surface area contributed by atoms with Gasteiger partial charge in [0.05, 0.1) is 0 Å². The molecule has 1 N–H and O–H groups in total. The van der Waals surface area contributed by atoms with Gasteiger partial charge in [0, 0.05) is 38.3 Å². The van der Waals surface area contributed by atoms with Crippen LogP contribution >= 0.6 is 0 Å². The highest BCUT2D eigenvalue weighted by molar-refractivity contribution is 5.94. The lowest BCUT2D eigenvalue weighted by Gasteiger charge is -2.32. The van der Waals surface area contributed by atoms with Crippen molar-refractivity contribution >= 4 is 5.91 Å². The molecule has 0 bridgehead atoms. The van der Waals surface area contributed by atoms with Gasteiger partial charge in [-0.05, 0) is 62.3 Å². The maximum absolute atomic E-state index is 12.6. The Morgan fingerprint density at radius 1 is 1.13 bits per heavy atom. The van der Waals surface area contributed by atoms with E-state index in [1.807, 2.05) is 17.0 Å². The zero-order valence-electron chi connectivity index (χ0n) is 13.9. The van der Waals surface area contributed by atoms with Gasteiger partial charge in [-0.1, -0.05) is 12.1 Å². The highest BCUT2D eigenvalue weighted by Gasteiger charge is 2.21. The van der Waals surface area contributed by atoms with Crippen molar-refractivity contribution in [3.8, 4) is 0 Å². The van der Waals surface area contributed by atoms with Crippen LogP contribution in [0.1, 0.15) is 48.0 Å². The molecule has 0 spiro atoms. The van der Waals surface area contributed by atoms with Gasteiger partial charge in [0.2, 0.25) is 0 Å². The Balaban J connectivity index is 1.63. The van der Waals surface area contributed by atoms with E-state index in [1.165, 1.54) is 12.0 Å². The van der Waals surface area contributed by atoms with Gasteiger partial charge in [-0.25, -0.2) is 0 Å². The van der Waals surface area contributed by atoms with Crippen molar-refractivity contribution in [1.82, 2.24) is 9.80 Å². The molecule has 2 fully saturated rings. The van der Waals surface area contributed by atoms with Crippen molar-refractivity contribution in [3.05, 3.63) is 35.4 Å². The fraction of sp³-hybridized carbons (Fsp3) is 0.632. The minimum atomic E-state index is 0.179. The Bertz CT molecular complexity index is 526. The van der Waals surface area contributed by atoms with Crippen LogP contribution in [0, 0.1) is 5.92 Å². The molecule has 3 rings (SSSR count). The molecule has 1 amide bonds. The molecule has 2 aliphatic rings. The second-order valence-corrected chi connectivity index (χ2v) is 6.98. The van der Waals surface area contributed by atoms with Crippen LogP contribution in [0.3, 0.4) is 0 Å². The predicted molar refractivity (Wildman–Crippen MR) is 91.3 cm³/mol. The summed E-state index contributed by atoms with van der Waals surface area (Å²) in [5, 5.41) is 9.36.